The SMILES string of the molecule is [CH3-].[CH][CH-]CC.[V+2]. The summed E-state index contributed by atoms with van der Waals surface area (Å²) in [6, 6.07) is 0. The molecular formula is C5H10V. The summed E-state index contributed by atoms with van der Waals surface area (Å²) >= 11 is 0. The minimum absolute atomic E-state index is 0. The first-order chi connectivity index (χ1) is 1.91. The summed E-state index contributed by atoms with van der Waals surface area (Å²) in [5.41, 5.74) is 0. The molecule has 0 aromatic carbocycles. The zero-order chi connectivity index (χ0) is 3.41. The summed E-state index contributed by atoms with van der Waals surface area (Å²) in [4.78, 5) is 0. The van der Waals surface area contributed by atoms with Crippen molar-refractivity contribution in [2.45, 2.75) is 13.3 Å². The van der Waals surface area contributed by atoms with Gasteiger partial charge in [-0.15, -0.1) is 0 Å². The van der Waals surface area contributed by atoms with Crippen LogP contribution >= 0.6 is 0 Å². The van der Waals surface area contributed by atoms with Crippen molar-refractivity contribution in [1.82, 2.24) is 0 Å². The maximum absolute atomic E-state index is 4.90. The quantitative estimate of drug-likeness (QED) is 0.463. The number of rotatable bonds is 1. The average molecular weight is 121 g/mol. The molecule has 0 saturated carbocycles. The molecule has 0 saturated heterocycles. The molecule has 0 aromatic rings. The van der Waals surface area contributed by atoms with Gasteiger partial charge in [-0.05, 0) is 0 Å². The molecule has 0 unspecified atom stereocenters. The fourth-order valence-electron chi connectivity index (χ4n) is 0. The first kappa shape index (κ1) is 16.0. The molecular weight excluding hydrogens is 111 g/mol. The van der Waals surface area contributed by atoms with E-state index in [9.17, 15) is 0 Å². The van der Waals surface area contributed by atoms with Crippen LogP contribution in [0.25, 0.3) is 0 Å². The van der Waals surface area contributed by atoms with E-state index >= 15 is 0 Å². The Hall–Kier alpha value is 0.584. The standard InChI is InChI=1S/C4H7.CH3.V/c1-3-4-2;;/h1,3H,4H2,2H3;1H3;/q2*-1;+2. The predicted molar refractivity (Wildman–Crippen MR) is 25.3 cm³/mol. The van der Waals surface area contributed by atoms with Gasteiger partial charge >= 0.3 is 18.6 Å². The molecule has 0 aliphatic carbocycles. The molecule has 0 heterocycles. The molecule has 0 aliphatic rings. The van der Waals surface area contributed by atoms with Crippen LogP contribution in [0.3, 0.4) is 0 Å². The fraction of sp³-hybridized carbons (Fsp3) is 0.400. The summed E-state index contributed by atoms with van der Waals surface area (Å²) < 4.78 is 0. The summed E-state index contributed by atoms with van der Waals surface area (Å²) in [6.07, 6.45) is 2.60. The van der Waals surface area contributed by atoms with E-state index in [2.05, 4.69) is 0 Å². The van der Waals surface area contributed by atoms with E-state index in [1.807, 2.05) is 6.92 Å². The van der Waals surface area contributed by atoms with Crippen molar-refractivity contribution >= 4 is 0 Å². The van der Waals surface area contributed by atoms with Crippen molar-refractivity contribution in [2.24, 2.45) is 0 Å². The number of hydrogen-bond donors (Lipinski definition) is 0. The second-order valence-electron chi connectivity index (χ2n) is 0.644. The molecule has 0 fully saturated rings. The Labute approximate surface area is 53.2 Å². The van der Waals surface area contributed by atoms with Crippen molar-refractivity contribution in [3.63, 3.8) is 0 Å². The van der Waals surface area contributed by atoms with Gasteiger partial charge in [0.1, 0.15) is 0 Å². The van der Waals surface area contributed by atoms with Crippen molar-refractivity contribution in [2.75, 3.05) is 0 Å². The smallest absolute Gasteiger partial charge is 0.358 e. The molecule has 0 aromatic heterocycles. The minimum atomic E-state index is 0. The predicted octanol–water partition coefficient (Wildman–Crippen LogP) is 1.76. The molecule has 3 radical (unpaired) electrons. The summed E-state index contributed by atoms with van der Waals surface area (Å²) in [5, 5.41) is 0. The molecule has 0 nitrogen and oxygen atoms in total. The molecule has 0 N–H and O–H groups in total. The van der Waals surface area contributed by atoms with Crippen LogP contribution in [-0.4, -0.2) is 0 Å². The van der Waals surface area contributed by atoms with Crippen LogP contribution in [0.4, 0.5) is 0 Å². The van der Waals surface area contributed by atoms with E-state index in [1.54, 1.807) is 6.42 Å². The maximum atomic E-state index is 4.90. The largest absolute Gasteiger partial charge is 2.00 e. The van der Waals surface area contributed by atoms with Gasteiger partial charge in [-0.2, -0.15) is 6.42 Å². The van der Waals surface area contributed by atoms with Crippen LogP contribution in [0, 0.1) is 20.8 Å². The van der Waals surface area contributed by atoms with Crippen molar-refractivity contribution in [3.05, 3.63) is 20.8 Å². The first-order valence-corrected chi connectivity index (χ1v) is 1.45. The van der Waals surface area contributed by atoms with Crippen LogP contribution in [0.5, 0.6) is 0 Å². The Bertz CT molecular complexity index is 5.90. The third-order valence-electron chi connectivity index (χ3n) is 0.236. The zero-order valence-corrected chi connectivity index (χ0v) is 5.71. The maximum Gasteiger partial charge on any atom is 2.00 e. The van der Waals surface area contributed by atoms with Gasteiger partial charge in [0.15, 0.2) is 0 Å². The topological polar surface area (TPSA) is 0 Å². The molecule has 6 heavy (non-hydrogen) atoms. The van der Waals surface area contributed by atoms with Crippen LogP contribution in [0.15, 0.2) is 0 Å². The minimum Gasteiger partial charge on any atom is -0.358 e. The van der Waals surface area contributed by atoms with Gasteiger partial charge in [-0.3, -0.25) is 0 Å². The first-order valence-electron chi connectivity index (χ1n) is 1.45. The van der Waals surface area contributed by atoms with Crippen molar-refractivity contribution in [1.29, 1.82) is 0 Å². The zero-order valence-electron chi connectivity index (χ0n) is 4.31. The molecule has 0 atom stereocenters. The fourth-order valence-corrected chi connectivity index (χ4v) is 0. The van der Waals surface area contributed by atoms with Gasteiger partial charge in [0.05, 0.1) is 0 Å². The number of unbranched alkanes of at least 4 members (excludes halogenated alkanes) is 1. The molecule has 35 valence electrons. The number of hydrogen-bond acceptors (Lipinski definition) is 0. The van der Waals surface area contributed by atoms with Gasteiger partial charge in [0, 0.05) is 0 Å². The van der Waals surface area contributed by atoms with E-state index < -0.39 is 0 Å². The van der Waals surface area contributed by atoms with E-state index in [0.29, 0.717) is 0 Å². The monoisotopic (exact) mass is 121 g/mol. The Kier molecular flexibility index (Phi) is 46.8. The van der Waals surface area contributed by atoms with Crippen LogP contribution in [0.1, 0.15) is 13.3 Å². The van der Waals surface area contributed by atoms with Gasteiger partial charge < -0.3 is 13.8 Å². The summed E-state index contributed by atoms with van der Waals surface area (Å²) in [6.45, 7) is 6.90. The second kappa shape index (κ2) is 17.6. The molecule has 0 bridgehead atoms. The van der Waals surface area contributed by atoms with E-state index in [4.69, 9.17) is 6.92 Å². The average Bonchev–Trinajstić information content (AvgIpc) is 1.37. The van der Waals surface area contributed by atoms with Gasteiger partial charge in [-0.1, -0.05) is 6.92 Å². The Morgan fingerprint density at radius 2 is 1.83 bits per heavy atom. The van der Waals surface area contributed by atoms with Gasteiger partial charge in [0.25, 0.3) is 0 Å². The van der Waals surface area contributed by atoms with Gasteiger partial charge in [-0.25, -0.2) is 6.92 Å². The van der Waals surface area contributed by atoms with Crippen LogP contribution in [0.2, 0.25) is 0 Å². The normalized spacial score (nSPS) is 5.00. The van der Waals surface area contributed by atoms with E-state index in [0.717, 1.165) is 6.42 Å². The third kappa shape index (κ3) is 23.5. The second-order valence-corrected chi connectivity index (χ2v) is 0.644. The van der Waals surface area contributed by atoms with Crippen LogP contribution < -0.4 is 0 Å². The van der Waals surface area contributed by atoms with Gasteiger partial charge in [0.2, 0.25) is 0 Å². The Balaban J connectivity index is -0.0000000450. The summed E-state index contributed by atoms with van der Waals surface area (Å²) in [7, 11) is 0. The van der Waals surface area contributed by atoms with E-state index in [1.165, 1.54) is 0 Å². The molecule has 0 amide bonds. The molecule has 1 heteroatoms. The van der Waals surface area contributed by atoms with Crippen molar-refractivity contribution < 1.29 is 18.6 Å². The van der Waals surface area contributed by atoms with Crippen LogP contribution in [-0.2, 0) is 18.6 Å². The third-order valence-corrected chi connectivity index (χ3v) is 0.236. The molecule has 0 spiro atoms. The van der Waals surface area contributed by atoms with Crippen molar-refractivity contribution in [3.8, 4) is 0 Å². The molecule has 0 rings (SSSR count). The molecule has 0 aliphatic heterocycles. The van der Waals surface area contributed by atoms with E-state index in [-0.39, 0.29) is 26.0 Å². The summed E-state index contributed by atoms with van der Waals surface area (Å²) in [5.74, 6) is 0. The Morgan fingerprint density at radius 3 is 1.83 bits per heavy atom. The Morgan fingerprint density at radius 1 is 1.67 bits per heavy atom.